The Kier molecular flexibility index (Phi) is 6.37. The smallest absolute Gasteiger partial charge is 0.277 e. The molecular formula is C19H22N2O3. The van der Waals surface area contributed by atoms with Crippen LogP contribution in [-0.4, -0.2) is 25.3 Å². The van der Waals surface area contributed by atoms with E-state index in [1.807, 2.05) is 63.2 Å². The second-order valence-corrected chi connectivity index (χ2v) is 5.32. The molecule has 0 aliphatic carbocycles. The molecule has 24 heavy (non-hydrogen) atoms. The molecule has 0 aliphatic rings. The summed E-state index contributed by atoms with van der Waals surface area (Å²) in [6.07, 6.45) is 1.56. The maximum Gasteiger partial charge on any atom is 0.277 e. The third-order valence-corrected chi connectivity index (χ3v) is 3.30. The van der Waals surface area contributed by atoms with E-state index < -0.39 is 0 Å². The van der Waals surface area contributed by atoms with Gasteiger partial charge >= 0.3 is 0 Å². The van der Waals surface area contributed by atoms with E-state index in [0.29, 0.717) is 12.4 Å². The van der Waals surface area contributed by atoms with Crippen molar-refractivity contribution in [3.63, 3.8) is 0 Å². The van der Waals surface area contributed by atoms with Crippen LogP contribution in [0, 0.1) is 13.8 Å². The first-order valence-electron chi connectivity index (χ1n) is 7.84. The molecule has 0 heterocycles. The number of ether oxygens (including phenoxy) is 2. The lowest BCUT2D eigenvalue weighted by molar-refractivity contribution is -0.123. The molecular weight excluding hydrogens is 304 g/mol. The van der Waals surface area contributed by atoms with E-state index in [0.717, 1.165) is 22.4 Å². The molecule has 1 amide bonds. The van der Waals surface area contributed by atoms with E-state index >= 15 is 0 Å². The lowest BCUT2D eigenvalue weighted by Crippen LogP contribution is -2.24. The Hall–Kier alpha value is -2.82. The van der Waals surface area contributed by atoms with Crippen LogP contribution in [0.5, 0.6) is 11.5 Å². The Labute approximate surface area is 142 Å². The molecule has 5 nitrogen and oxygen atoms in total. The summed E-state index contributed by atoms with van der Waals surface area (Å²) in [7, 11) is 0. The fourth-order valence-electron chi connectivity index (χ4n) is 2.18. The van der Waals surface area contributed by atoms with Crippen molar-refractivity contribution in [1.82, 2.24) is 5.43 Å². The van der Waals surface area contributed by atoms with Gasteiger partial charge in [0.05, 0.1) is 12.8 Å². The van der Waals surface area contributed by atoms with E-state index in [9.17, 15) is 4.79 Å². The van der Waals surface area contributed by atoms with Crippen molar-refractivity contribution in [3.8, 4) is 11.5 Å². The van der Waals surface area contributed by atoms with Crippen molar-refractivity contribution in [3.05, 3.63) is 59.2 Å². The van der Waals surface area contributed by atoms with Gasteiger partial charge in [-0.2, -0.15) is 5.10 Å². The highest BCUT2D eigenvalue weighted by atomic mass is 16.5. The molecule has 2 aromatic rings. The van der Waals surface area contributed by atoms with Gasteiger partial charge in [-0.1, -0.05) is 29.8 Å². The monoisotopic (exact) mass is 326 g/mol. The molecule has 0 atom stereocenters. The van der Waals surface area contributed by atoms with E-state index in [2.05, 4.69) is 10.5 Å². The molecule has 0 radical (unpaired) electrons. The molecule has 2 rings (SSSR count). The molecule has 1 N–H and O–H groups in total. The molecule has 0 spiro atoms. The fraction of sp³-hybridized carbons (Fsp3) is 0.263. The van der Waals surface area contributed by atoms with Crippen molar-refractivity contribution >= 4 is 12.1 Å². The Morgan fingerprint density at radius 2 is 1.92 bits per heavy atom. The first-order valence-corrected chi connectivity index (χ1v) is 7.84. The highest BCUT2D eigenvalue weighted by Gasteiger charge is 2.04. The van der Waals surface area contributed by atoms with Gasteiger partial charge in [0.2, 0.25) is 0 Å². The first kappa shape index (κ1) is 17.5. The van der Waals surface area contributed by atoms with Crippen LogP contribution >= 0.6 is 0 Å². The van der Waals surface area contributed by atoms with Gasteiger partial charge in [-0.15, -0.1) is 0 Å². The number of hydrogen-bond donors (Lipinski definition) is 1. The predicted octanol–water partition coefficient (Wildman–Crippen LogP) is 3.23. The van der Waals surface area contributed by atoms with E-state index in [1.54, 1.807) is 6.21 Å². The summed E-state index contributed by atoms with van der Waals surface area (Å²) in [6.45, 7) is 6.36. The minimum atomic E-state index is -0.319. The zero-order valence-electron chi connectivity index (χ0n) is 14.2. The van der Waals surface area contributed by atoms with Gasteiger partial charge in [0.25, 0.3) is 5.91 Å². The van der Waals surface area contributed by atoms with E-state index in [-0.39, 0.29) is 12.5 Å². The average Bonchev–Trinajstić information content (AvgIpc) is 2.56. The number of aryl methyl sites for hydroxylation is 2. The minimum absolute atomic E-state index is 0.0889. The van der Waals surface area contributed by atoms with Crippen molar-refractivity contribution in [2.45, 2.75) is 20.8 Å². The summed E-state index contributed by atoms with van der Waals surface area (Å²) in [5, 5.41) is 3.95. The topological polar surface area (TPSA) is 59.9 Å². The van der Waals surface area contributed by atoms with Gasteiger partial charge in [-0.3, -0.25) is 4.79 Å². The van der Waals surface area contributed by atoms with E-state index in [4.69, 9.17) is 9.47 Å². The second-order valence-electron chi connectivity index (χ2n) is 5.32. The lowest BCUT2D eigenvalue weighted by Gasteiger charge is -2.09. The van der Waals surface area contributed by atoms with Crippen LogP contribution in [0.4, 0.5) is 0 Å². The summed E-state index contributed by atoms with van der Waals surface area (Å²) in [6, 6.07) is 13.3. The maximum absolute atomic E-state index is 11.8. The van der Waals surface area contributed by atoms with E-state index in [1.165, 1.54) is 0 Å². The summed E-state index contributed by atoms with van der Waals surface area (Å²) in [5.74, 6) is 1.10. The molecule has 0 aliphatic heterocycles. The van der Waals surface area contributed by atoms with Crippen LogP contribution < -0.4 is 14.9 Å². The molecule has 126 valence electrons. The van der Waals surface area contributed by atoms with Gasteiger partial charge in [0.15, 0.2) is 6.61 Å². The molecule has 2 aromatic carbocycles. The molecule has 0 saturated carbocycles. The zero-order valence-corrected chi connectivity index (χ0v) is 14.2. The number of hydrazone groups is 1. The molecule has 5 heteroatoms. The fourth-order valence-corrected chi connectivity index (χ4v) is 2.18. The predicted molar refractivity (Wildman–Crippen MR) is 94.8 cm³/mol. The number of rotatable bonds is 7. The summed E-state index contributed by atoms with van der Waals surface area (Å²) in [5.41, 5.74) is 5.40. The van der Waals surface area contributed by atoms with Gasteiger partial charge < -0.3 is 9.47 Å². The van der Waals surface area contributed by atoms with Crippen LogP contribution in [0.25, 0.3) is 0 Å². The van der Waals surface area contributed by atoms with Crippen LogP contribution in [0.3, 0.4) is 0 Å². The average molecular weight is 326 g/mol. The zero-order chi connectivity index (χ0) is 17.4. The van der Waals surface area contributed by atoms with Gasteiger partial charge in [-0.05, 0) is 44.5 Å². The molecule has 0 bridgehead atoms. The van der Waals surface area contributed by atoms with Crippen molar-refractivity contribution in [2.75, 3.05) is 13.2 Å². The Morgan fingerprint density at radius 1 is 1.12 bits per heavy atom. The minimum Gasteiger partial charge on any atom is -0.493 e. The first-order chi connectivity index (χ1) is 11.6. The molecule has 0 unspecified atom stereocenters. The molecule has 0 fully saturated rings. The SMILES string of the molecule is CCOc1ccccc1/C=N\NC(=O)COc1ccc(C)cc1C. The number of hydrogen-bond acceptors (Lipinski definition) is 4. The van der Waals surface area contributed by atoms with Gasteiger partial charge in [0.1, 0.15) is 11.5 Å². The Bertz CT molecular complexity index is 726. The normalized spacial score (nSPS) is 10.6. The number of para-hydroxylation sites is 1. The lowest BCUT2D eigenvalue weighted by atomic mass is 10.1. The third kappa shape index (κ3) is 5.12. The largest absolute Gasteiger partial charge is 0.493 e. The summed E-state index contributed by atoms with van der Waals surface area (Å²) in [4.78, 5) is 11.8. The molecule has 0 aromatic heterocycles. The number of amides is 1. The number of carbonyl (C=O) groups is 1. The Morgan fingerprint density at radius 3 is 2.67 bits per heavy atom. The van der Waals surface area contributed by atoms with Crippen molar-refractivity contribution in [2.24, 2.45) is 5.10 Å². The highest BCUT2D eigenvalue weighted by Crippen LogP contribution is 2.18. The number of carbonyl (C=O) groups excluding carboxylic acids is 1. The van der Waals surface area contributed by atoms with Crippen LogP contribution in [0.1, 0.15) is 23.6 Å². The van der Waals surface area contributed by atoms with Crippen LogP contribution in [0.2, 0.25) is 0 Å². The molecule has 0 saturated heterocycles. The van der Waals surface area contributed by atoms with Crippen molar-refractivity contribution in [1.29, 1.82) is 0 Å². The summed E-state index contributed by atoms with van der Waals surface area (Å²) < 4.78 is 11.0. The van der Waals surface area contributed by atoms with Gasteiger partial charge in [-0.25, -0.2) is 5.43 Å². The quantitative estimate of drug-likeness (QED) is 0.628. The van der Waals surface area contributed by atoms with Crippen molar-refractivity contribution < 1.29 is 14.3 Å². The number of nitrogens with zero attached hydrogens (tertiary/aromatic N) is 1. The van der Waals surface area contributed by atoms with Crippen LogP contribution in [-0.2, 0) is 4.79 Å². The van der Waals surface area contributed by atoms with Gasteiger partial charge in [0, 0.05) is 5.56 Å². The number of benzene rings is 2. The highest BCUT2D eigenvalue weighted by molar-refractivity contribution is 5.85. The standard InChI is InChI=1S/C19H22N2O3/c1-4-23-18-8-6-5-7-16(18)12-20-21-19(22)13-24-17-10-9-14(2)11-15(17)3/h5-12H,4,13H2,1-3H3,(H,21,22)/b20-12-. The number of nitrogens with one attached hydrogen (secondary N) is 1. The third-order valence-electron chi connectivity index (χ3n) is 3.30. The Balaban J connectivity index is 1.87. The second kappa shape index (κ2) is 8.72. The maximum atomic E-state index is 11.8. The van der Waals surface area contributed by atoms with Crippen LogP contribution in [0.15, 0.2) is 47.6 Å². The summed E-state index contributed by atoms with van der Waals surface area (Å²) >= 11 is 0.